The summed E-state index contributed by atoms with van der Waals surface area (Å²) in [5.74, 6) is 0.894. The van der Waals surface area contributed by atoms with Crippen LogP contribution >= 0.6 is 0 Å². The standard InChI is InChI=1S/C18H28N2O3/c1-14-6-5-7-17(10-14)23-12-16(22)11-20-9-8-19(15(2)21)13-18(20,3)4/h5-7,10,16,22H,8-9,11-13H2,1-4H3. The van der Waals surface area contributed by atoms with Crippen LogP contribution in [0, 0.1) is 6.92 Å². The van der Waals surface area contributed by atoms with Gasteiger partial charge >= 0.3 is 0 Å². The summed E-state index contributed by atoms with van der Waals surface area (Å²) in [6.45, 7) is 10.8. The molecule has 2 rings (SSSR count). The number of aryl methyl sites for hydroxylation is 1. The molecule has 0 bridgehead atoms. The zero-order valence-electron chi connectivity index (χ0n) is 14.6. The van der Waals surface area contributed by atoms with E-state index in [1.165, 1.54) is 0 Å². The molecule has 1 aliphatic rings. The molecule has 23 heavy (non-hydrogen) atoms. The molecular formula is C18H28N2O3. The molecule has 1 aromatic carbocycles. The van der Waals surface area contributed by atoms with Gasteiger partial charge in [-0.1, -0.05) is 12.1 Å². The predicted octanol–water partition coefficient (Wildman–Crippen LogP) is 1.68. The van der Waals surface area contributed by atoms with Gasteiger partial charge in [-0.15, -0.1) is 0 Å². The molecule has 0 aliphatic carbocycles. The lowest BCUT2D eigenvalue weighted by Gasteiger charge is -2.47. The lowest BCUT2D eigenvalue weighted by molar-refractivity contribution is -0.134. The van der Waals surface area contributed by atoms with Gasteiger partial charge < -0.3 is 14.7 Å². The summed E-state index contributed by atoms with van der Waals surface area (Å²) >= 11 is 0. The monoisotopic (exact) mass is 320 g/mol. The third-order valence-corrected chi connectivity index (χ3v) is 4.38. The Bertz CT molecular complexity index is 545. The van der Waals surface area contributed by atoms with E-state index in [0.717, 1.165) is 17.9 Å². The summed E-state index contributed by atoms with van der Waals surface area (Å²) in [6, 6.07) is 7.82. The Morgan fingerprint density at radius 3 is 2.74 bits per heavy atom. The molecule has 1 saturated heterocycles. The van der Waals surface area contributed by atoms with Crippen molar-refractivity contribution in [3.05, 3.63) is 29.8 Å². The number of β-amino-alcohol motifs (C(OH)–C–C–N with tert-alkyl or cyclic N) is 1. The molecule has 0 aromatic heterocycles. The highest BCUT2D eigenvalue weighted by atomic mass is 16.5. The molecular weight excluding hydrogens is 292 g/mol. The van der Waals surface area contributed by atoms with Crippen molar-refractivity contribution in [3.63, 3.8) is 0 Å². The fraction of sp³-hybridized carbons (Fsp3) is 0.611. The molecule has 1 fully saturated rings. The Labute approximate surface area is 138 Å². The highest BCUT2D eigenvalue weighted by Crippen LogP contribution is 2.21. The normalized spacial score (nSPS) is 19.4. The Balaban J connectivity index is 1.85. The zero-order valence-corrected chi connectivity index (χ0v) is 14.6. The van der Waals surface area contributed by atoms with Crippen molar-refractivity contribution in [1.29, 1.82) is 0 Å². The van der Waals surface area contributed by atoms with E-state index in [1.54, 1.807) is 6.92 Å². The number of nitrogens with zero attached hydrogens (tertiary/aromatic N) is 2. The Morgan fingerprint density at radius 1 is 1.39 bits per heavy atom. The SMILES string of the molecule is CC(=O)N1CCN(CC(O)COc2cccc(C)c2)C(C)(C)C1. The zero-order chi connectivity index (χ0) is 17.0. The van der Waals surface area contributed by atoms with Crippen molar-refractivity contribution >= 4 is 5.91 Å². The van der Waals surface area contributed by atoms with Crippen molar-refractivity contribution in [2.24, 2.45) is 0 Å². The number of carbonyl (C=O) groups is 1. The van der Waals surface area contributed by atoms with Gasteiger partial charge in [0.15, 0.2) is 0 Å². The largest absolute Gasteiger partial charge is 0.491 e. The van der Waals surface area contributed by atoms with Gasteiger partial charge in [0.05, 0.1) is 0 Å². The number of benzene rings is 1. The van der Waals surface area contributed by atoms with Crippen LogP contribution in [0.15, 0.2) is 24.3 Å². The molecule has 0 spiro atoms. The van der Waals surface area contributed by atoms with Crippen LogP contribution in [0.25, 0.3) is 0 Å². The Hall–Kier alpha value is -1.59. The Kier molecular flexibility index (Phi) is 5.65. The molecule has 1 N–H and O–H groups in total. The van der Waals surface area contributed by atoms with Crippen LogP contribution in [-0.4, -0.2) is 65.2 Å². The molecule has 5 heteroatoms. The van der Waals surface area contributed by atoms with E-state index in [2.05, 4.69) is 18.7 Å². The highest BCUT2D eigenvalue weighted by Gasteiger charge is 2.35. The van der Waals surface area contributed by atoms with Crippen LogP contribution in [0.2, 0.25) is 0 Å². The first-order valence-corrected chi connectivity index (χ1v) is 8.16. The van der Waals surface area contributed by atoms with E-state index in [-0.39, 0.29) is 18.1 Å². The third-order valence-electron chi connectivity index (χ3n) is 4.38. The second-order valence-electron chi connectivity index (χ2n) is 6.98. The minimum absolute atomic E-state index is 0.112. The lowest BCUT2D eigenvalue weighted by atomic mass is 9.98. The molecule has 1 aromatic rings. The molecule has 1 unspecified atom stereocenters. The van der Waals surface area contributed by atoms with Gasteiger partial charge in [0.25, 0.3) is 0 Å². The third kappa shape index (κ3) is 4.94. The van der Waals surface area contributed by atoms with Crippen molar-refractivity contribution in [1.82, 2.24) is 9.80 Å². The van der Waals surface area contributed by atoms with Crippen LogP contribution in [0.5, 0.6) is 5.75 Å². The van der Waals surface area contributed by atoms with Gasteiger partial charge in [-0.3, -0.25) is 9.69 Å². The molecule has 128 valence electrons. The number of hydrogen-bond acceptors (Lipinski definition) is 4. The number of ether oxygens (including phenoxy) is 1. The van der Waals surface area contributed by atoms with E-state index >= 15 is 0 Å². The summed E-state index contributed by atoms with van der Waals surface area (Å²) in [5.41, 5.74) is 0.993. The molecule has 1 heterocycles. The van der Waals surface area contributed by atoms with Gasteiger partial charge in [0, 0.05) is 38.6 Å². The average molecular weight is 320 g/mol. The van der Waals surface area contributed by atoms with E-state index < -0.39 is 6.10 Å². The minimum Gasteiger partial charge on any atom is -0.491 e. The smallest absolute Gasteiger partial charge is 0.219 e. The van der Waals surface area contributed by atoms with Crippen molar-refractivity contribution in [2.75, 3.05) is 32.8 Å². The summed E-state index contributed by atoms with van der Waals surface area (Å²) in [5, 5.41) is 10.3. The van der Waals surface area contributed by atoms with Crippen molar-refractivity contribution < 1.29 is 14.6 Å². The molecule has 1 amide bonds. The van der Waals surface area contributed by atoms with Gasteiger partial charge in [-0.2, -0.15) is 0 Å². The first-order chi connectivity index (χ1) is 10.8. The number of carbonyl (C=O) groups excluding carboxylic acids is 1. The molecule has 0 radical (unpaired) electrons. The maximum absolute atomic E-state index is 11.5. The van der Waals surface area contributed by atoms with E-state index in [9.17, 15) is 9.90 Å². The number of piperazine rings is 1. The minimum atomic E-state index is -0.557. The predicted molar refractivity (Wildman–Crippen MR) is 90.6 cm³/mol. The van der Waals surface area contributed by atoms with Crippen molar-refractivity contribution in [2.45, 2.75) is 39.3 Å². The topological polar surface area (TPSA) is 53.0 Å². The molecule has 0 saturated carbocycles. The second-order valence-corrected chi connectivity index (χ2v) is 6.98. The Morgan fingerprint density at radius 2 is 2.13 bits per heavy atom. The molecule has 5 nitrogen and oxygen atoms in total. The summed E-state index contributed by atoms with van der Waals surface area (Å²) in [6.07, 6.45) is -0.557. The summed E-state index contributed by atoms with van der Waals surface area (Å²) in [4.78, 5) is 15.6. The van der Waals surface area contributed by atoms with Crippen molar-refractivity contribution in [3.8, 4) is 5.75 Å². The van der Waals surface area contributed by atoms with E-state index in [1.807, 2.05) is 36.1 Å². The number of amides is 1. The van der Waals surface area contributed by atoms with Crippen LogP contribution < -0.4 is 4.74 Å². The fourth-order valence-corrected chi connectivity index (χ4v) is 3.00. The molecule has 1 aliphatic heterocycles. The van der Waals surface area contributed by atoms with Gasteiger partial charge in [0.1, 0.15) is 18.5 Å². The maximum Gasteiger partial charge on any atom is 0.219 e. The summed E-state index contributed by atoms with van der Waals surface area (Å²) < 4.78 is 5.68. The van der Waals surface area contributed by atoms with Crippen LogP contribution in [0.4, 0.5) is 0 Å². The quantitative estimate of drug-likeness (QED) is 0.897. The summed E-state index contributed by atoms with van der Waals surface area (Å²) in [7, 11) is 0. The maximum atomic E-state index is 11.5. The van der Waals surface area contributed by atoms with Crippen LogP contribution in [-0.2, 0) is 4.79 Å². The highest BCUT2D eigenvalue weighted by molar-refractivity contribution is 5.73. The number of aliphatic hydroxyl groups is 1. The number of aliphatic hydroxyl groups excluding tert-OH is 1. The van der Waals surface area contributed by atoms with Gasteiger partial charge in [0.2, 0.25) is 5.91 Å². The second kappa shape index (κ2) is 7.32. The van der Waals surface area contributed by atoms with Crippen LogP contribution in [0.3, 0.4) is 0 Å². The fourth-order valence-electron chi connectivity index (χ4n) is 3.00. The first kappa shape index (κ1) is 17.8. The first-order valence-electron chi connectivity index (χ1n) is 8.16. The van der Waals surface area contributed by atoms with E-state index in [0.29, 0.717) is 19.6 Å². The number of hydrogen-bond donors (Lipinski definition) is 1. The van der Waals surface area contributed by atoms with Gasteiger partial charge in [-0.25, -0.2) is 0 Å². The average Bonchev–Trinajstić information content (AvgIpc) is 2.47. The lowest BCUT2D eigenvalue weighted by Crippen LogP contribution is -2.61. The molecule has 1 atom stereocenters. The van der Waals surface area contributed by atoms with Gasteiger partial charge in [-0.05, 0) is 38.5 Å². The van der Waals surface area contributed by atoms with E-state index in [4.69, 9.17) is 4.74 Å². The van der Waals surface area contributed by atoms with Crippen LogP contribution in [0.1, 0.15) is 26.3 Å². The number of rotatable bonds is 5.